The van der Waals surface area contributed by atoms with Crippen molar-refractivity contribution >= 4 is 28.7 Å². The van der Waals surface area contributed by atoms with Crippen LogP contribution in [-0.2, 0) is 6.54 Å². The van der Waals surface area contributed by atoms with Crippen molar-refractivity contribution in [2.24, 2.45) is 5.92 Å². The number of nitrogens with two attached hydrogens (primary N) is 1. The second-order valence-corrected chi connectivity index (χ2v) is 9.03. The first-order valence-corrected chi connectivity index (χ1v) is 11.7. The minimum Gasteiger partial charge on any atom is -0.497 e. The molecular weight excluding hydrogens is 422 g/mol. The molecule has 0 aliphatic carbocycles. The molecule has 0 atom stereocenters. The molecule has 1 saturated heterocycles. The number of aryl methyl sites for hydroxylation is 1. The number of hydrogen-bond acceptors (Lipinski definition) is 7. The largest absolute Gasteiger partial charge is 0.497 e. The van der Waals surface area contributed by atoms with Gasteiger partial charge >= 0.3 is 0 Å². The zero-order valence-electron chi connectivity index (χ0n) is 18.0. The smallest absolute Gasteiger partial charge is 0.175 e. The summed E-state index contributed by atoms with van der Waals surface area (Å²) in [5.41, 5.74) is 9.84. The zero-order valence-corrected chi connectivity index (χ0v) is 18.9. The van der Waals surface area contributed by atoms with Crippen molar-refractivity contribution in [2.45, 2.75) is 35.9 Å². The highest BCUT2D eigenvalue weighted by molar-refractivity contribution is 7.99. The Morgan fingerprint density at radius 1 is 1.22 bits per heavy atom. The summed E-state index contributed by atoms with van der Waals surface area (Å²) >= 11 is 1.61. The highest BCUT2D eigenvalue weighted by Crippen LogP contribution is 2.39. The molecule has 0 spiro atoms. The van der Waals surface area contributed by atoms with E-state index in [4.69, 9.17) is 15.5 Å². The average Bonchev–Trinajstić information content (AvgIpc) is 3.47. The number of aromatic amines is 1. The molecule has 1 aliphatic heterocycles. The molecule has 166 valence electrons. The first kappa shape index (κ1) is 20.8. The van der Waals surface area contributed by atoms with Gasteiger partial charge in [0.1, 0.15) is 12.1 Å². The molecule has 0 bridgehead atoms. The summed E-state index contributed by atoms with van der Waals surface area (Å²) in [6.45, 7) is 3.04. The Morgan fingerprint density at radius 3 is 2.88 bits per heavy atom. The first-order valence-electron chi connectivity index (χ1n) is 10.9. The molecule has 3 aromatic heterocycles. The van der Waals surface area contributed by atoms with E-state index in [1.165, 1.54) is 19.2 Å². The van der Waals surface area contributed by atoms with Gasteiger partial charge in [-0.25, -0.2) is 15.0 Å². The number of aromatic nitrogens is 5. The van der Waals surface area contributed by atoms with Crippen LogP contribution in [0.4, 0.5) is 5.82 Å². The number of hydrogen-bond donors (Lipinski definition) is 3. The molecule has 1 aromatic carbocycles. The molecule has 0 saturated carbocycles. The van der Waals surface area contributed by atoms with Gasteiger partial charge in [-0.3, -0.25) is 0 Å². The van der Waals surface area contributed by atoms with Gasteiger partial charge in [0.2, 0.25) is 0 Å². The maximum Gasteiger partial charge on any atom is 0.175 e. The van der Waals surface area contributed by atoms with Gasteiger partial charge in [0, 0.05) is 29.4 Å². The molecule has 9 heteroatoms. The molecule has 0 unspecified atom stereocenters. The highest BCUT2D eigenvalue weighted by atomic mass is 32.2. The van der Waals surface area contributed by atoms with Crippen molar-refractivity contribution in [1.82, 2.24) is 29.8 Å². The van der Waals surface area contributed by atoms with E-state index in [9.17, 15) is 0 Å². The molecule has 4 N–H and O–H groups in total. The Labute approximate surface area is 191 Å². The number of rotatable bonds is 7. The van der Waals surface area contributed by atoms with Gasteiger partial charge in [0.15, 0.2) is 22.1 Å². The quantitative estimate of drug-likeness (QED) is 0.392. The van der Waals surface area contributed by atoms with Crippen molar-refractivity contribution in [1.29, 1.82) is 0 Å². The number of imidazole rings is 1. The molecule has 32 heavy (non-hydrogen) atoms. The second kappa shape index (κ2) is 9.22. The number of nitrogens with zero attached hydrogens (tertiary/aromatic N) is 4. The second-order valence-electron chi connectivity index (χ2n) is 8.02. The van der Waals surface area contributed by atoms with Crippen LogP contribution in [0.15, 0.2) is 53.0 Å². The molecule has 1 aliphatic rings. The minimum atomic E-state index is 0.411. The summed E-state index contributed by atoms with van der Waals surface area (Å²) in [6, 6.07) is 8.18. The Kier molecular flexibility index (Phi) is 6.00. The number of H-pyrrole nitrogens is 1. The van der Waals surface area contributed by atoms with Crippen molar-refractivity contribution in [3.8, 4) is 16.9 Å². The van der Waals surface area contributed by atoms with Crippen LogP contribution in [0.3, 0.4) is 0 Å². The average molecular weight is 450 g/mol. The summed E-state index contributed by atoms with van der Waals surface area (Å²) < 4.78 is 7.70. The third kappa shape index (κ3) is 4.18. The number of nitrogens with one attached hydrogen (secondary N) is 2. The maximum atomic E-state index is 6.15. The molecule has 0 radical (unpaired) electrons. The number of nitrogen functional groups attached to an aromatic ring is 1. The van der Waals surface area contributed by atoms with Crippen molar-refractivity contribution in [2.75, 3.05) is 25.9 Å². The summed E-state index contributed by atoms with van der Waals surface area (Å²) in [6.07, 6.45) is 8.95. The topological polar surface area (TPSA) is 107 Å². The lowest BCUT2D eigenvalue weighted by atomic mass is 9.95. The molecule has 5 rings (SSSR count). The van der Waals surface area contributed by atoms with E-state index in [-0.39, 0.29) is 0 Å². The number of anilines is 1. The third-order valence-electron chi connectivity index (χ3n) is 6.04. The van der Waals surface area contributed by atoms with E-state index < -0.39 is 0 Å². The lowest BCUT2D eigenvalue weighted by molar-refractivity contribution is 0.335. The van der Waals surface area contributed by atoms with Gasteiger partial charge in [-0.05, 0) is 68.1 Å². The van der Waals surface area contributed by atoms with E-state index >= 15 is 0 Å². The van der Waals surface area contributed by atoms with Crippen LogP contribution in [0.5, 0.6) is 5.75 Å². The molecule has 4 heterocycles. The Bertz CT molecular complexity index is 1200. The van der Waals surface area contributed by atoms with E-state index in [2.05, 4.69) is 43.0 Å². The minimum absolute atomic E-state index is 0.411. The van der Waals surface area contributed by atoms with E-state index in [1.54, 1.807) is 18.9 Å². The van der Waals surface area contributed by atoms with Crippen LogP contribution in [0, 0.1) is 5.92 Å². The van der Waals surface area contributed by atoms with E-state index in [1.807, 2.05) is 18.5 Å². The van der Waals surface area contributed by atoms with Crippen molar-refractivity contribution < 1.29 is 4.74 Å². The summed E-state index contributed by atoms with van der Waals surface area (Å²) in [5.74, 6) is 1.93. The van der Waals surface area contributed by atoms with Crippen LogP contribution in [0.25, 0.3) is 22.3 Å². The number of fused-ring (bicyclic) bond motifs is 1. The predicted molar refractivity (Wildman–Crippen MR) is 127 cm³/mol. The Balaban J connectivity index is 1.53. The number of benzene rings is 1. The van der Waals surface area contributed by atoms with Gasteiger partial charge in [0.05, 0.1) is 7.11 Å². The molecule has 0 amide bonds. The van der Waals surface area contributed by atoms with E-state index in [0.717, 1.165) is 58.6 Å². The fourth-order valence-corrected chi connectivity index (χ4v) is 5.33. The van der Waals surface area contributed by atoms with E-state index in [0.29, 0.717) is 17.3 Å². The van der Waals surface area contributed by atoms with Gasteiger partial charge in [-0.15, -0.1) is 0 Å². The van der Waals surface area contributed by atoms with Gasteiger partial charge in [0.25, 0.3) is 0 Å². The molecule has 4 aromatic rings. The molecule has 8 nitrogen and oxygen atoms in total. The molecule has 1 fully saturated rings. The van der Waals surface area contributed by atoms with Gasteiger partial charge in [-0.2, -0.15) is 0 Å². The maximum absolute atomic E-state index is 6.15. The van der Waals surface area contributed by atoms with Crippen LogP contribution >= 0.6 is 11.8 Å². The van der Waals surface area contributed by atoms with Crippen LogP contribution < -0.4 is 15.8 Å². The lowest BCUT2D eigenvalue weighted by Gasteiger charge is -2.23. The lowest BCUT2D eigenvalue weighted by Crippen LogP contribution is -2.28. The summed E-state index contributed by atoms with van der Waals surface area (Å²) in [7, 11) is 1.68. The van der Waals surface area contributed by atoms with Gasteiger partial charge in [-0.1, -0.05) is 11.8 Å². The number of methoxy groups -OCH3 is 1. The fourth-order valence-electron chi connectivity index (χ4n) is 4.24. The molecular formula is C23H27N7OS. The predicted octanol–water partition coefficient (Wildman–Crippen LogP) is 3.95. The number of piperidine rings is 1. The monoisotopic (exact) mass is 449 g/mol. The third-order valence-corrected chi connectivity index (χ3v) is 7.10. The van der Waals surface area contributed by atoms with Crippen LogP contribution in [0.2, 0.25) is 0 Å². The first-order chi connectivity index (χ1) is 15.7. The number of ether oxygens (including phenoxy) is 1. The van der Waals surface area contributed by atoms with Crippen molar-refractivity contribution in [3.63, 3.8) is 0 Å². The highest BCUT2D eigenvalue weighted by Gasteiger charge is 2.20. The Morgan fingerprint density at radius 2 is 2.09 bits per heavy atom. The van der Waals surface area contributed by atoms with Crippen LogP contribution in [0.1, 0.15) is 19.3 Å². The fraction of sp³-hybridized carbons (Fsp3) is 0.348. The standard InChI is InChI=1S/C23H27N7OS/c1-31-17-2-3-18(16-6-10-26-13-16)19(12-17)32-23-29-20-21(24)27-14-28-22(20)30(23)11-7-15-4-8-25-9-5-15/h2-3,6,10,12-15,25-26H,4-5,7-9,11H2,1H3,(H2,24,27,28). The SMILES string of the molecule is COc1ccc(-c2cc[nH]c2)c(Sc2nc3c(N)ncnc3n2CCC2CCNCC2)c1. The Hall–Kier alpha value is -3.04. The zero-order chi connectivity index (χ0) is 21.9. The normalized spacial score (nSPS) is 14.8. The van der Waals surface area contributed by atoms with Gasteiger partial charge < -0.3 is 25.3 Å². The summed E-state index contributed by atoms with van der Waals surface area (Å²) in [5, 5.41) is 4.31. The summed E-state index contributed by atoms with van der Waals surface area (Å²) in [4.78, 5) is 17.8. The van der Waals surface area contributed by atoms with Crippen LogP contribution in [-0.4, -0.2) is 44.7 Å². The van der Waals surface area contributed by atoms with Crippen molar-refractivity contribution in [3.05, 3.63) is 43.0 Å².